The van der Waals surface area contributed by atoms with Gasteiger partial charge in [-0.25, -0.2) is 0 Å². The molecule has 1 N–H and O–H groups in total. The summed E-state index contributed by atoms with van der Waals surface area (Å²) in [6, 6.07) is 5.83. The van der Waals surface area contributed by atoms with Crippen LogP contribution in [0.5, 0.6) is 0 Å². The van der Waals surface area contributed by atoms with E-state index in [1.807, 2.05) is 25.1 Å². The second-order valence-electron chi connectivity index (χ2n) is 3.27. The molecule has 1 aromatic carbocycles. The molecule has 2 heteroatoms. The Kier molecular flexibility index (Phi) is 3.38. The highest BCUT2D eigenvalue weighted by atomic mass is 35.5. The maximum absolute atomic E-state index is 5.87. The van der Waals surface area contributed by atoms with Crippen molar-refractivity contribution in [3.63, 3.8) is 0 Å². The summed E-state index contributed by atoms with van der Waals surface area (Å²) in [5.41, 5.74) is 3.39. The van der Waals surface area contributed by atoms with Crippen molar-refractivity contribution in [3.8, 4) is 0 Å². The van der Waals surface area contributed by atoms with Crippen LogP contribution in [0.1, 0.15) is 12.5 Å². The predicted molar refractivity (Wildman–Crippen MR) is 59.5 cm³/mol. The van der Waals surface area contributed by atoms with E-state index in [1.54, 1.807) is 0 Å². The zero-order valence-corrected chi connectivity index (χ0v) is 8.78. The fourth-order valence-electron chi connectivity index (χ4n) is 1.03. The summed E-state index contributed by atoms with van der Waals surface area (Å²) in [5.74, 6) is 0. The third-order valence-corrected chi connectivity index (χ3v) is 2.02. The molecule has 0 saturated heterocycles. The number of benzene rings is 1. The fraction of sp³-hybridized carbons (Fsp3) is 0.273. The van der Waals surface area contributed by atoms with Crippen LogP contribution in [0.4, 0.5) is 5.69 Å². The summed E-state index contributed by atoms with van der Waals surface area (Å²) in [5, 5.41) is 4.03. The van der Waals surface area contributed by atoms with Gasteiger partial charge in [0.25, 0.3) is 0 Å². The Hall–Kier alpha value is -0.950. The molecule has 0 heterocycles. The van der Waals surface area contributed by atoms with Crippen LogP contribution in [-0.4, -0.2) is 6.54 Å². The fourth-order valence-corrected chi connectivity index (χ4v) is 1.20. The van der Waals surface area contributed by atoms with Gasteiger partial charge in [0.1, 0.15) is 0 Å². The molecule has 0 spiro atoms. The van der Waals surface area contributed by atoms with Crippen molar-refractivity contribution in [2.45, 2.75) is 13.8 Å². The summed E-state index contributed by atoms with van der Waals surface area (Å²) in [6.45, 7) is 8.67. The number of nitrogens with one attached hydrogen (secondary N) is 1. The van der Waals surface area contributed by atoms with Gasteiger partial charge in [-0.15, -0.1) is 0 Å². The van der Waals surface area contributed by atoms with Gasteiger partial charge >= 0.3 is 0 Å². The zero-order chi connectivity index (χ0) is 9.84. The third-order valence-electron chi connectivity index (χ3n) is 1.78. The molecule has 13 heavy (non-hydrogen) atoms. The van der Waals surface area contributed by atoms with E-state index in [0.29, 0.717) is 0 Å². The minimum atomic E-state index is 0.759. The van der Waals surface area contributed by atoms with Crippen LogP contribution < -0.4 is 5.32 Å². The van der Waals surface area contributed by atoms with Gasteiger partial charge in [-0.3, -0.25) is 0 Å². The van der Waals surface area contributed by atoms with Gasteiger partial charge in [0.2, 0.25) is 0 Å². The first-order valence-corrected chi connectivity index (χ1v) is 4.62. The van der Waals surface area contributed by atoms with Crippen LogP contribution in [0.3, 0.4) is 0 Å². The van der Waals surface area contributed by atoms with Gasteiger partial charge in [-0.05, 0) is 31.5 Å². The summed E-state index contributed by atoms with van der Waals surface area (Å²) in [6.07, 6.45) is 0. The monoisotopic (exact) mass is 195 g/mol. The standard InChI is InChI=1S/C11H14ClN/c1-8(2)7-13-11-6-10(12)5-4-9(11)3/h4-6,13H,1,7H2,2-3H3. The molecular formula is C11H14ClN. The number of halogens is 1. The van der Waals surface area contributed by atoms with E-state index < -0.39 is 0 Å². The zero-order valence-electron chi connectivity index (χ0n) is 8.02. The molecular weight excluding hydrogens is 182 g/mol. The van der Waals surface area contributed by atoms with E-state index >= 15 is 0 Å². The molecule has 0 bridgehead atoms. The van der Waals surface area contributed by atoms with E-state index in [-0.39, 0.29) is 0 Å². The molecule has 0 amide bonds. The van der Waals surface area contributed by atoms with Crippen molar-refractivity contribution in [1.82, 2.24) is 0 Å². The van der Waals surface area contributed by atoms with Gasteiger partial charge < -0.3 is 5.32 Å². The molecule has 0 aromatic heterocycles. The van der Waals surface area contributed by atoms with Gasteiger partial charge in [-0.2, -0.15) is 0 Å². The van der Waals surface area contributed by atoms with Crippen molar-refractivity contribution in [2.24, 2.45) is 0 Å². The second kappa shape index (κ2) is 4.33. The SMILES string of the molecule is C=C(C)CNc1cc(Cl)ccc1C. The molecule has 0 saturated carbocycles. The Bertz CT molecular complexity index is 318. The average molecular weight is 196 g/mol. The summed E-state index contributed by atoms with van der Waals surface area (Å²) < 4.78 is 0. The van der Waals surface area contributed by atoms with E-state index in [2.05, 4.69) is 18.8 Å². The van der Waals surface area contributed by atoms with Crippen molar-refractivity contribution in [3.05, 3.63) is 40.9 Å². The highest BCUT2D eigenvalue weighted by Gasteiger charge is 1.97. The first kappa shape index (κ1) is 10.1. The van der Waals surface area contributed by atoms with Crippen LogP contribution in [0, 0.1) is 6.92 Å². The first-order valence-electron chi connectivity index (χ1n) is 4.24. The Morgan fingerprint density at radius 1 is 1.54 bits per heavy atom. The van der Waals surface area contributed by atoms with Crippen LogP contribution in [0.15, 0.2) is 30.4 Å². The molecule has 0 aliphatic rings. The Labute approximate surface area is 84.4 Å². The lowest BCUT2D eigenvalue weighted by atomic mass is 10.2. The van der Waals surface area contributed by atoms with Crippen molar-refractivity contribution in [1.29, 1.82) is 0 Å². The van der Waals surface area contributed by atoms with Gasteiger partial charge in [-0.1, -0.05) is 29.8 Å². The largest absolute Gasteiger partial charge is 0.381 e. The molecule has 1 nitrogen and oxygen atoms in total. The molecule has 70 valence electrons. The second-order valence-corrected chi connectivity index (χ2v) is 3.71. The van der Waals surface area contributed by atoms with E-state index in [1.165, 1.54) is 5.56 Å². The molecule has 0 atom stereocenters. The summed E-state index contributed by atoms with van der Waals surface area (Å²) in [7, 11) is 0. The lowest BCUT2D eigenvalue weighted by molar-refractivity contribution is 1.20. The Balaban J connectivity index is 2.75. The Morgan fingerprint density at radius 3 is 2.85 bits per heavy atom. The number of hydrogen-bond donors (Lipinski definition) is 1. The van der Waals surface area contributed by atoms with Crippen LogP contribution >= 0.6 is 11.6 Å². The number of rotatable bonds is 3. The minimum absolute atomic E-state index is 0.759. The third kappa shape index (κ3) is 3.11. The van der Waals surface area contributed by atoms with Gasteiger partial charge in [0.05, 0.1) is 0 Å². The summed E-state index contributed by atoms with van der Waals surface area (Å²) in [4.78, 5) is 0. The van der Waals surface area contributed by atoms with Gasteiger partial charge in [0.15, 0.2) is 0 Å². The molecule has 0 unspecified atom stereocenters. The number of aryl methyl sites for hydroxylation is 1. The van der Waals surface area contributed by atoms with E-state index in [4.69, 9.17) is 11.6 Å². The summed E-state index contributed by atoms with van der Waals surface area (Å²) >= 11 is 5.87. The van der Waals surface area contributed by atoms with Gasteiger partial charge in [0, 0.05) is 17.3 Å². The van der Waals surface area contributed by atoms with Crippen molar-refractivity contribution < 1.29 is 0 Å². The minimum Gasteiger partial charge on any atom is -0.381 e. The predicted octanol–water partition coefficient (Wildman–Crippen LogP) is 3.64. The molecule has 0 fully saturated rings. The maximum Gasteiger partial charge on any atom is 0.0426 e. The highest BCUT2D eigenvalue weighted by molar-refractivity contribution is 6.30. The molecule has 1 rings (SSSR count). The molecule has 0 radical (unpaired) electrons. The maximum atomic E-state index is 5.87. The van der Waals surface area contributed by atoms with E-state index in [9.17, 15) is 0 Å². The normalized spacial score (nSPS) is 9.77. The lowest BCUT2D eigenvalue weighted by Crippen LogP contribution is -2.03. The molecule has 1 aromatic rings. The van der Waals surface area contributed by atoms with Crippen molar-refractivity contribution in [2.75, 3.05) is 11.9 Å². The quantitative estimate of drug-likeness (QED) is 0.727. The van der Waals surface area contributed by atoms with Crippen LogP contribution in [-0.2, 0) is 0 Å². The average Bonchev–Trinajstić information content (AvgIpc) is 2.06. The lowest BCUT2D eigenvalue weighted by Gasteiger charge is -2.09. The number of hydrogen-bond acceptors (Lipinski definition) is 1. The smallest absolute Gasteiger partial charge is 0.0426 e. The van der Waals surface area contributed by atoms with Crippen LogP contribution in [0.2, 0.25) is 5.02 Å². The Morgan fingerprint density at radius 2 is 2.23 bits per heavy atom. The molecule has 0 aliphatic heterocycles. The topological polar surface area (TPSA) is 12.0 Å². The first-order chi connectivity index (χ1) is 6.09. The molecule has 0 aliphatic carbocycles. The van der Waals surface area contributed by atoms with E-state index in [0.717, 1.165) is 22.8 Å². The number of anilines is 1. The van der Waals surface area contributed by atoms with Crippen molar-refractivity contribution >= 4 is 17.3 Å². The highest BCUT2D eigenvalue weighted by Crippen LogP contribution is 2.20. The van der Waals surface area contributed by atoms with Crippen LogP contribution in [0.25, 0.3) is 0 Å².